The smallest absolute Gasteiger partial charge is 0.305 e. The summed E-state index contributed by atoms with van der Waals surface area (Å²) < 4.78 is 0. The first-order valence-electron chi connectivity index (χ1n) is 7.16. The zero-order chi connectivity index (χ0) is 14.4. The second-order valence-electron chi connectivity index (χ2n) is 5.74. The Hall–Kier alpha value is -1.10. The van der Waals surface area contributed by atoms with E-state index in [0.717, 1.165) is 6.42 Å². The van der Waals surface area contributed by atoms with Gasteiger partial charge in [0.25, 0.3) is 0 Å². The van der Waals surface area contributed by atoms with Crippen molar-refractivity contribution in [3.05, 3.63) is 0 Å². The van der Waals surface area contributed by atoms with E-state index in [0.29, 0.717) is 5.92 Å². The van der Waals surface area contributed by atoms with Gasteiger partial charge >= 0.3 is 5.97 Å². The van der Waals surface area contributed by atoms with Gasteiger partial charge in [0.1, 0.15) is 0 Å². The molecule has 1 rings (SSSR count). The van der Waals surface area contributed by atoms with Crippen LogP contribution in [-0.4, -0.2) is 41.0 Å². The number of nitrogens with zero attached hydrogens (tertiary/aromatic N) is 1. The van der Waals surface area contributed by atoms with Gasteiger partial charge in [-0.1, -0.05) is 32.1 Å². The van der Waals surface area contributed by atoms with Crippen LogP contribution in [0.4, 0.5) is 0 Å². The molecule has 1 saturated carbocycles. The standard InChI is InChI=1S/C14H26N2O3/c1-10(8-11-6-4-3-5-7-11)16(2)14(19)12(15)9-13(17)18/h10-12H,3-9,15H2,1-2H3,(H,17,18)/t10-,12+/m0/s1. The number of likely N-dealkylation sites (N-methyl/N-ethyl adjacent to an activating group) is 1. The third-order valence-corrected chi connectivity index (χ3v) is 4.12. The molecule has 5 nitrogen and oxygen atoms in total. The monoisotopic (exact) mass is 270 g/mol. The molecule has 0 aromatic heterocycles. The molecule has 1 aliphatic rings. The summed E-state index contributed by atoms with van der Waals surface area (Å²) in [7, 11) is 1.72. The molecule has 0 spiro atoms. The minimum atomic E-state index is -1.03. The van der Waals surface area contributed by atoms with Gasteiger partial charge in [-0.25, -0.2) is 0 Å². The van der Waals surface area contributed by atoms with Crippen LogP contribution >= 0.6 is 0 Å². The van der Waals surface area contributed by atoms with Crippen LogP contribution < -0.4 is 5.73 Å². The molecule has 3 N–H and O–H groups in total. The van der Waals surface area contributed by atoms with Crippen LogP contribution in [-0.2, 0) is 9.59 Å². The number of hydrogen-bond donors (Lipinski definition) is 2. The molecule has 0 radical (unpaired) electrons. The molecule has 110 valence electrons. The average Bonchev–Trinajstić information content (AvgIpc) is 2.37. The number of carboxylic acids is 1. The van der Waals surface area contributed by atoms with Crippen molar-refractivity contribution in [3.8, 4) is 0 Å². The Morgan fingerprint density at radius 2 is 1.89 bits per heavy atom. The second kappa shape index (κ2) is 7.48. The molecule has 0 aromatic carbocycles. The van der Waals surface area contributed by atoms with Gasteiger partial charge in [-0.2, -0.15) is 0 Å². The summed E-state index contributed by atoms with van der Waals surface area (Å²) in [5, 5.41) is 8.66. The molecule has 1 amide bonds. The molecule has 0 aliphatic heterocycles. The van der Waals surface area contributed by atoms with Crippen LogP contribution in [0.1, 0.15) is 51.9 Å². The first kappa shape index (κ1) is 16.0. The summed E-state index contributed by atoms with van der Waals surface area (Å²) >= 11 is 0. The molecule has 0 unspecified atom stereocenters. The van der Waals surface area contributed by atoms with Gasteiger partial charge in [-0.3, -0.25) is 9.59 Å². The number of amides is 1. The summed E-state index contributed by atoms with van der Waals surface area (Å²) in [5.74, 6) is -0.616. The number of rotatable bonds is 6. The third kappa shape index (κ3) is 5.19. The van der Waals surface area contributed by atoms with Crippen molar-refractivity contribution in [2.24, 2.45) is 11.7 Å². The Balaban J connectivity index is 2.43. The number of nitrogens with two attached hydrogens (primary N) is 1. The molecule has 0 bridgehead atoms. The van der Waals surface area contributed by atoms with Gasteiger partial charge < -0.3 is 15.7 Å². The van der Waals surface area contributed by atoms with E-state index >= 15 is 0 Å². The summed E-state index contributed by atoms with van der Waals surface area (Å²) in [6, 6.07) is -0.813. The number of carbonyl (C=O) groups is 2. The quantitative estimate of drug-likeness (QED) is 0.768. The molecular formula is C14H26N2O3. The maximum atomic E-state index is 12.0. The lowest BCUT2D eigenvalue weighted by molar-refractivity contribution is -0.142. The highest BCUT2D eigenvalue weighted by molar-refractivity contribution is 5.85. The molecule has 5 heteroatoms. The minimum Gasteiger partial charge on any atom is -0.481 e. The summed E-state index contributed by atoms with van der Waals surface area (Å²) in [4.78, 5) is 24.2. The van der Waals surface area contributed by atoms with Crippen molar-refractivity contribution >= 4 is 11.9 Å². The largest absolute Gasteiger partial charge is 0.481 e. The van der Waals surface area contributed by atoms with Gasteiger partial charge in [0, 0.05) is 13.1 Å². The van der Waals surface area contributed by atoms with Crippen LogP contribution in [0, 0.1) is 5.92 Å². The zero-order valence-electron chi connectivity index (χ0n) is 12.0. The molecule has 2 atom stereocenters. The molecule has 1 aliphatic carbocycles. The number of aliphatic carboxylic acids is 1. The lowest BCUT2D eigenvalue weighted by Crippen LogP contribution is -2.47. The normalized spacial score (nSPS) is 19.7. The first-order valence-corrected chi connectivity index (χ1v) is 7.16. The van der Waals surface area contributed by atoms with E-state index in [2.05, 4.69) is 0 Å². The van der Waals surface area contributed by atoms with E-state index in [-0.39, 0.29) is 18.4 Å². The summed E-state index contributed by atoms with van der Waals surface area (Å²) in [6.45, 7) is 2.01. The molecule has 0 heterocycles. The predicted octanol–water partition coefficient (Wildman–Crippen LogP) is 1.61. The van der Waals surface area contributed by atoms with Gasteiger partial charge in [-0.05, 0) is 19.3 Å². The fourth-order valence-electron chi connectivity index (χ4n) is 2.82. The van der Waals surface area contributed by atoms with Crippen molar-refractivity contribution < 1.29 is 14.7 Å². The SMILES string of the molecule is C[C@@H](CC1CCCCC1)N(C)C(=O)[C@H](N)CC(=O)O. The van der Waals surface area contributed by atoms with E-state index < -0.39 is 12.0 Å². The molecule has 0 saturated heterocycles. The van der Waals surface area contributed by atoms with Crippen LogP contribution in [0.3, 0.4) is 0 Å². The highest BCUT2D eigenvalue weighted by Crippen LogP contribution is 2.28. The maximum Gasteiger partial charge on any atom is 0.305 e. The molecule has 19 heavy (non-hydrogen) atoms. The van der Waals surface area contributed by atoms with Gasteiger partial charge in [0.2, 0.25) is 5.91 Å². The van der Waals surface area contributed by atoms with Crippen molar-refractivity contribution in [2.75, 3.05) is 7.05 Å². The Morgan fingerprint density at radius 3 is 2.42 bits per heavy atom. The first-order chi connectivity index (χ1) is 8.91. The topological polar surface area (TPSA) is 83.6 Å². The number of carboxylic acid groups (broad SMARTS) is 1. The Labute approximate surface area is 115 Å². The molecular weight excluding hydrogens is 244 g/mol. The Kier molecular flexibility index (Phi) is 6.28. The Bertz CT molecular complexity index is 314. The van der Waals surface area contributed by atoms with E-state index in [1.807, 2.05) is 6.92 Å². The van der Waals surface area contributed by atoms with Crippen molar-refractivity contribution in [1.29, 1.82) is 0 Å². The second-order valence-corrected chi connectivity index (χ2v) is 5.74. The fourth-order valence-corrected chi connectivity index (χ4v) is 2.82. The number of carbonyl (C=O) groups excluding carboxylic acids is 1. The van der Waals surface area contributed by atoms with Crippen LogP contribution in [0.5, 0.6) is 0 Å². The molecule has 0 aromatic rings. The van der Waals surface area contributed by atoms with Gasteiger partial charge in [0.15, 0.2) is 0 Å². The summed E-state index contributed by atoms with van der Waals surface area (Å²) in [6.07, 6.45) is 7.06. The highest BCUT2D eigenvalue weighted by atomic mass is 16.4. The van der Waals surface area contributed by atoms with E-state index in [9.17, 15) is 9.59 Å². The van der Waals surface area contributed by atoms with Crippen LogP contribution in [0.2, 0.25) is 0 Å². The van der Waals surface area contributed by atoms with E-state index in [1.54, 1.807) is 11.9 Å². The average molecular weight is 270 g/mol. The Morgan fingerprint density at radius 1 is 1.32 bits per heavy atom. The van der Waals surface area contributed by atoms with Crippen molar-refractivity contribution in [3.63, 3.8) is 0 Å². The van der Waals surface area contributed by atoms with Crippen LogP contribution in [0.25, 0.3) is 0 Å². The van der Waals surface area contributed by atoms with Gasteiger partial charge in [-0.15, -0.1) is 0 Å². The highest BCUT2D eigenvalue weighted by Gasteiger charge is 2.26. The van der Waals surface area contributed by atoms with E-state index in [1.165, 1.54) is 32.1 Å². The minimum absolute atomic E-state index is 0.121. The zero-order valence-corrected chi connectivity index (χ0v) is 12.0. The maximum absolute atomic E-state index is 12.0. The van der Waals surface area contributed by atoms with Gasteiger partial charge in [0.05, 0.1) is 12.5 Å². The van der Waals surface area contributed by atoms with Crippen molar-refractivity contribution in [2.45, 2.75) is 64.0 Å². The van der Waals surface area contributed by atoms with Crippen LogP contribution in [0.15, 0.2) is 0 Å². The fraction of sp³-hybridized carbons (Fsp3) is 0.857. The lowest BCUT2D eigenvalue weighted by Gasteiger charge is -2.31. The van der Waals surface area contributed by atoms with E-state index in [4.69, 9.17) is 10.8 Å². The lowest BCUT2D eigenvalue weighted by atomic mass is 9.85. The predicted molar refractivity (Wildman–Crippen MR) is 73.7 cm³/mol. The van der Waals surface area contributed by atoms with Crippen molar-refractivity contribution in [1.82, 2.24) is 4.90 Å². The summed E-state index contributed by atoms with van der Waals surface area (Å²) in [5.41, 5.74) is 5.62. The third-order valence-electron chi connectivity index (χ3n) is 4.12. The molecule has 1 fully saturated rings. The number of hydrogen-bond acceptors (Lipinski definition) is 3.